The van der Waals surface area contributed by atoms with Gasteiger partial charge in [0.25, 0.3) is 0 Å². The molecule has 0 aliphatic heterocycles. The monoisotopic (exact) mass is 320 g/mol. The number of aldehydes is 1. The Morgan fingerprint density at radius 1 is 1.14 bits per heavy atom. The minimum atomic E-state index is 0.0431. The van der Waals surface area contributed by atoms with Crippen LogP contribution < -0.4 is 9.47 Å². The van der Waals surface area contributed by atoms with Gasteiger partial charge in [0.05, 0.1) is 10.6 Å². The zero-order chi connectivity index (χ0) is 15.9. The summed E-state index contributed by atoms with van der Waals surface area (Å²) in [6, 6.07) is 11.3. The van der Waals surface area contributed by atoms with Gasteiger partial charge in [-0.25, -0.2) is 0 Å². The van der Waals surface area contributed by atoms with Gasteiger partial charge in [0.15, 0.2) is 13.1 Å². The van der Waals surface area contributed by atoms with Crippen molar-refractivity contribution in [3.8, 4) is 11.5 Å². The van der Waals surface area contributed by atoms with Gasteiger partial charge in [-0.2, -0.15) is 0 Å². The first-order valence-electron chi connectivity index (χ1n) is 6.74. The maximum Gasteiger partial charge on any atom is 0.188 e. The second-order valence-electron chi connectivity index (χ2n) is 4.67. The first kappa shape index (κ1) is 16.3. The van der Waals surface area contributed by atoms with E-state index in [4.69, 9.17) is 25.8 Å². The molecule has 0 N–H and O–H groups in total. The molecule has 0 amide bonds. The normalized spacial score (nSPS) is 10.3. The van der Waals surface area contributed by atoms with E-state index in [1.165, 1.54) is 13.2 Å². The Labute approximate surface area is 134 Å². The highest BCUT2D eigenvalue weighted by Crippen LogP contribution is 2.38. The third kappa shape index (κ3) is 3.78. The Bertz CT molecular complexity index is 641. The minimum absolute atomic E-state index is 0.0431. The topological polar surface area (TPSA) is 44.8 Å². The minimum Gasteiger partial charge on any atom is -0.487 e. The Balaban J connectivity index is 2.28. The lowest BCUT2D eigenvalue weighted by Crippen LogP contribution is -2.06. The maximum atomic E-state index is 11.2. The number of hydrogen-bond donors (Lipinski definition) is 0. The highest BCUT2D eigenvalue weighted by Gasteiger charge is 2.17. The fourth-order valence-electron chi connectivity index (χ4n) is 2.07. The first-order valence-corrected chi connectivity index (χ1v) is 7.12. The van der Waals surface area contributed by atoms with Crippen molar-refractivity contribution in [3.63, 3.8) is 0 Å². The molecule has 0 atom stereocenters. The number of halogens is 1. The van der Waals surface area contributed by atoms with Gasteiger partial charge >= 0.3 is 0 Å². The van der Waals surface area contributed by atoms with Gasteiger partial charge in [-0.15, -0.1) is 0 Å². The standard InChI is InChI=1S/C17H17ClO4/c1-12-16(22-11-20-2)14(9-19)8-15(18)17(12)21-10-13-6-4-3-5-7-13/h3-9H,10-11H2,1-2H3. The van der Waals surface area contributed by atoms with E-state index in [9.17, 15) is 4.79 Å². The third-order valence-electron chi connectivity index (χ3n) is 3.12. The van der Waals surface area contributed by atoms with E-state index >= 15 is 0 Å². The maximum absolute atomic E-state index is 11.2. The van der Waals surface area contributed by atoms with Crippen molar-refractivity contribution in [2.45, 2.75) is 13.5 Å². The molecule has 0 radical (unpaired) electrons. The van der Waals surface area contributed by atoms with Crippen LogP contribution in [0.1, 0.15) is 21.5 Å². The van der Waals surface area contributed by atoms with Crippen LogP contribution in [0.2, 0.25) is 5.02 Å². The number of carbonyl (C=O) groups excluding carboxylic acids is 1. The van der Waals surface area contributed by atoms with Crippen molar-refractivity contribution in [2.75, 3.05) is 13.9 Å². The lowest BCUT2D eigenvalue weighted by Gasteiger charge is -2.16. The number of hydrogen-bond acceptors (Lipinski definition) is 4. The van der Waals surface area contributed by atoms with Crippen molar-refractivity contribution in [1.82, 2.24) is 0 Å². The van der Waals surface area contributed by atoms with Crippen LogP contribution >= 0.6 is 11.6 Å². The average Bonchev–Trinajstić information content (AvgIpc) is 2.54. The molecule has 0 fully saturated rings. The van der Waals surface area contributed by atoms with Crippen molar-refractivity contribution in [3.05, 3.63) is 58.1 Å². The van der Waals surface area contributed by atoms with E-state index in [2.05, 4.69) is 0 Å². The summed E-state index contributed by atoms with van der Waals surface area (Å²) in [5.74, 6) is 0.923. The lowest BCUT2D eigenvalue weighted by atomic mass is 10.1. The second-order valence-corrected chi connectivity index (χ2v) is 5.08. The Kier molecular flexibility index (Phi) is 5.81. The van der Waals surface area contributed by atoms with Crippen LogP contribution in [-0.4, -0.2) is 20.2 Å². The van der Waals surface area contributed by atoms with Gasteiger partial charge in [-0.1, -0.05) is 41.9 Å². The van der Waals surface area contributed by atoms with Gasteiger partial charge in [0.1, 0.15) is 18.1 Å². The summed E-state index contributed by atoms with van der Waals surface area (Å²) in [7, 11) is 1.51. The van der Waals surface area contributed by atoms with Crippen molar-refractivity contribution >= 4 is 17.9 Å². The molecule has 0 aromatic heterocycles. The highest BCUT2D eigenvalue weighted by molar-refractivity contribution is 6.32. The molecule has 116 valence electrons. The Morgan fingerprint density at radius 2 is 1.86 bits per heavy atom. The van der Waals surface area contributed by atoms with Crippen LogP contribution in [-0.2, 0) is 11.3 Å². The lowest BCUT2D eigenvalue weighted by molar-refractivity contribution is 0.0498. The Morgan fingerprint density at radius 3 is 2.50 bits per heavy atom. The highest BCUT2D eigenvalue weighted by atomic mass is 35.5. The largest absolute Gasteiger partial charge is 0.487 e. The molecule has 0 spiro atoms. The zero-order valence-corrected chi connectivity index (χ0v) is 13.2. The van der Waals surface area contributed by atoms with Crippen LogP contribution in [0.25, 0.3) is 0 Å². The van der Waals surface area contributed by atoms with E-state index in [-0.39, 0.29) is 6.79 Å². The molecular weight excluding hydrogens is 304 g/mol. The van der Waals surface area contributed by atoms with E-state index in [0.29, 0.717) is 40.5 Å². The fraction of sp³-hybridized carbons (Fsp3) is 0.235. The van der Waals surface area contributed by atoms with Crippen LogP contribution in [0.4, 0.5) is 0 Å². The number of methoxy groups -OCH3 is 1. The molecule has 0 bridgehead atoms. The Hall–Kier alpha value is -2.04. The first-order chi connectivity index (χ1) is 10.7. The summed E-state index contributed by atoms with van der Waals surface area (Å²) in [5.41, 5.74) is 2.06. The molecule has 22 heavy (non-hydrogen) atoms. The molecule has 0 saturated heterocycles. The molecule has 5 heteroatoms. The summed E-state index contributed by atoms with van der Waals surface area (Å²) in [4.78, 5) is 11.2. The predicted octanol–water partition coefficient (Wildman–Crippen LogP) is 4.02. The molecule has 0 aliphatic carbocycles. The van der Waals surface area contributed by atoms with E-state index in [1.54, 1.807) is 6.92 Å². The molecule has 0 unspecified atom stereocenters. The molecule has 2 rings (SSSR count). The van der Waals surface area contributed by atoms with Crippen molar-refractivity contribution in [1.29, 1.82) is 0 Å². The number of carbonyl (C=O) groups is 1. The van der Waals surface area contributed by atoms with Gasteiger partial charge < -0.3 is 14.2 Å². The van der Waals surface area contributed by atoms with Gasteiger partial charge in [-0.05, 0) is 18.6 Å². The molecule has 4 nitrogen and oxygen atoms in total. The number of ether oxygens (including phenoxy) is 3. The smallest absolute Gasteiger partial charge is 0.188 e. The zero-order valence-electron chi connectivity index (χ0n) is 12.5. The second kappa shape index (κ2) is 7.82. The van der Waals surface area contributed by atoms with Crippen molar-refractivity contribution < 1.29 is 19.0 Å². The molecule has 0 heterocycles. The summed E-state index contributed by atoms with van der Waals surface area (Å²) in [6.07, 6.45) is 0.699. The van der Waals surface area contributed by atoms with Crippen molar-refractivity contribution in [2.24, 2.45) is 0 Å². The average molecular weight is 321 g/mol. The summed E-state index contributed by atoms with van der Waals surface area (Å²) < 4.78 is 16.2. The predicted molar refractivity (Wildman–Crippen MR) is 84.9 cm³/mol. The van der Waals surface area contributed by atoms with Gasteiger partial charge in [-0.3, -0.25) is 4.79 Å². The summed E-state index contributed by atoms with van der Waals surface area (Å²) >= 11 is 6.21. The van der Waals surface area contributed by atoms with E-state index in [1.807, 2.05) is 30.3 Å². The van der Waals surface area contributed by atoms with Gasteiger partial charge in [0.2, 0.25) is 0 Å². The fourth-order valence-corrected chi connectivity index (χ4v) is 2.38. The SMILES string of the molecule is COCOc1c(C=O)cc(Cl)c(OCc2ccccc2)c1C. The summed E-state index contributed by atoms with van der Waals surface area (Å²) in [5, 5.41) is 0.375. The molecule has 2 aromatic carbocycles. The summed E-state index contributed by atoms with van der Waals surface area (Å²) in [6.45, 7) is 2.22. The van der Waals surface area contributed by atoms with Crippen LogP contribution in [0.3, 0.4) is 0 Å². The molecule has 2 aromatic rings. The molecular formula is C17H17ClO4. The quantitative estimate of drug-likeness (QED) is 0.571. The van der Waals surface area contributed by atoms with Crippen LogP contribution in [0, 0.1) is 6.92 Å². The van der Waals surface area contributed by atoms with E-state index in [0.717, 1.165) is 5.56 Å². The third-order valence-corrected chi connectivity index (χ3v) is 3.40. The number of rotatable bonds is 7. The molecule has 0 aliphatic rings. The number of benzene rings is 2. The molecule has 0 saturated carbocycles. The van der Waals surface area contributed by atoms with E-state index < -0.39 is 0 Å². The van der Waals surface area contributed by atoms with Gasteiger partial charge in [0, 0.05) is 12.7 Å². The van der Waals surface area contributed by atoms with Crippen LogP contribution in [0.5, 0.6) is 11.5 Å². The van der Waals surface area contributed by atoms with Crippen LogP contribution in [0.15, 0.2) is 36.4 Å².